The molecule has 3 heteroatoms. The van der Waals surface area contributed by atoms with Gasteiger partial charge in [-0.25, -0.2) is 0 Å². The number of hydrogen-bond donors (Lipinski definition) is 0. The number of hydrogen-bond acceptors (Lipinski definition) is 2. The van der Waals surface area contributed by atoms with E-state index < -0.39 is 0 Å². The van der Waals surface area contributed by atoms with Gasteiger partial charge in [0.15, 0.2) is 0 Å². The van der Waals surface area contributed by atoms with Crippen LogP contribution in [0, 0.1) is 0 Å². The Morgan fingerprint density at radius 1 is 1.75 bits per heavy atom. The molecule has 1 rings (SSSR count). The van der Waals surface area contributed by atoms with Gasteiger partial charge in [-0.1, -0.05) is 0 Å². The average Bonchev–Trinajstić information content (AvgIpc) is 2.12. The van der Waals surface area contributed by atoms with Gasteiger partial charge < -0.3 is 0 Å². The molecular weight excluding hydrogens is 227 g/mol. The molecule has 0 atom stereocenters. The first-order chi connectivity index (χ1) is 3.80. The molecule has 0 spiro atoms. The standard InChI is InChI=1S/C5H3OS.Sn.H/c6-3-5-1-2-7-4-5;;/h1-2,4H;;. The second-order valence-corrected chi connectivity index (χ2v) is 3.65. The third kappa shape index (κ3) is 1.32. The monoisotopic (exact) mass is 232 g/mol. The van der Waals surface area contributed by atoms with Gasteiger partial charge in [-0.05, 0) is 0 Å². The van der Waals surface area contributed by atoms with E-state index in [1.807, 2.05) is 16.8 Å². The summed E-state index contributed by atoms with van der Waals surface area (Å²) in [7, 11) is 0. The summed E-state index contributed by atoms with van der Waals surface area (Å²) in [5, 5.41) is 3.80. The third-order valence-corrected chi connectivity index (χ3v) is 2.44. The third-order valence-electron chi connectivity index (χ3n) is 0.806. The van der Waals surface area contributed by atoms with E-state index in [1.54, 1.807) is 11.3 Å². The second-order valence-electron chi connectivity index (χ2n) is 1.38. The van der Waals surface area contributed by atoms with Gasteiger partial charge in [0, 0.05) is 0 Å². The maximum absolute atomic E-state index is 10.6. The molecule has 0 saturated heterocycles. The minimum atomic E-state index is 0.275. The minimum absolute atomic E-state index is 0.275. The van der Waals surface area contributed by atoms with Crippen LogP contribution in [0.15, 0.2) is 16.8 Å². The Hall–Kier alpha value is 0.169. The SMILES string of the molecule is O=[C]([SnH])c1ccsc1. The molecule has 8 heavy (non-hydrogen) atoms. The molecule has 1 nitrogen and oxygen atoms in total. The molecule has 1 aromatic rings. The zero-order valence-corrected chi connectivity index (χ0v) is 8.24. The van der Waals surface area contributed by atoms with Crippen molar-refractivity contribution in [2.45, 2.75) is 0 Å². The summed E-state index contributed by atoms with van der Waals surface area (Å²) in [4.78, 5) is 10.6. The van der Waals surface area contributed by atoms with Gasteiger partial charge in [-0.3, -0.25) is 0 Å². The van der Waals surface area contributed by atoms with Crippen molar-refractivity contribution in [1.29, 1.82) is 0 Å². The van der Waals surface area contributed by atoms with E-state index in [1.165, 1.54) is 0 Å². The summed E-state index contributed by atoms with van der Waals surface area (Å²) in [5.41, 5.74) is 0.873. The Bertz CT molecular complexity index is 180. The van der Waals surface area contributed by atoms with Crippen molar-refractivity contribution in [3.63, 3.8) is 0 Å². The first-order valence-electron chi connectivity index (χ1n) is 2.12. The molecule has 0 aromatic carbocycles. The zero-order chi connectivity index (χ0) is 5.98. The molecule has 0 aliphatic rings. The van der Waals surface area contributed by atoms with Crippen LogP contribution in [-0.2, 0) is 0 Å². The van der Waals surface area contributed by atoms with Crippen LogP contribution in [0.25, 0.3) is 0 Å². The molecule has 1 aromatic heterocycles. The Kier molecular flexibility index (Phi) is 2.07. The predicted molar refractivity (Wildman–Crippen MR) is 35.8 cm³/mol. The van der Waals surface area contributed by atoms with Crippen molar-refractivity contribution in [3.8, 4) is 0 Å². The first kappa shape index (κ1) is 6.29. The van der Waals surface area contributed by atoms with E-state index in [4.69, 9.17) is 0 Å². The van der Waals surface area contributed by atoms with E-state index in [-0.39, 0.29) is 3.80 Å². The van der Waals surface area contributed by atoms with Gasteiger partial charge in [-0.15, -0.1) is 0 Å². The average molecular weight is 231 g/mol. The van der Waals surface area contributed by atoms with Gasteiger partial charge >= 0.3 is 64.8 Å². The molecule has 0 aliphatic carbocycles. The number of rotatable bonds is 1. The summed E-state index contributed by atoms with van der Waals surface area (Å²) >= 11 is 2.27. The fourth-order valence-corrected chi connectivity index (χ4v) is 1.91. The first-order valence-corrected chi connectivity index (χ1v) is 4.72. The summed E-state index contributed by atoms with van der Waals surface area (Å²) < 4.78 is 0.275. The number of carbonyl (C=O) groups excluding carboxylic acids is 1. The van der Waals surface area contributed by atoms with Gasteiger partial charge in [-0.2, -0.15) is 0 Å². The van der Waals surface area contributed by atoms with E-state index in [2.05, 4.69) is 0 Å². The fraction of sp³-hybridized carbons (Fsp3) is 0. The summed E-state index contributed by atoms with van der Waals surface area (Å²) in [6.07, 6.45) is 0. The molecule has 0 saturated carbocycles. The Morgan fingerprint density at radius 2 is 2.50 bits per heavy atom. The van der Waals surface area contributed by atoms with Crippen molar-refractivity contribution in [1.82, 2.24) is 0 Å². The van der Waals surface area contributed by atoms with E-state index in [0.29, 0.717) is 22.5 Å². The van der Waals surface area contributed by atoms with Gasteiger partial charge in [0.05, 0.1) is 0 Å². The van der Waals surface area contributed by atoms with Gasteiger partial charge in [0.1, 0.15) is 0 Å². The van der Waals surface area contributed by atoms with E-state index in [9.17, 15) is 4.79 Å². The molecule has 1 heterocycles. The van der Waals surface area contributed by atoms with Crippen LogP contribution < -0.4 is 0 Å². The fourth-order valence-electron chi connectivity index (χ4n) is 0.405. The number of carbonyl (C=O) groups is 1. The molecule has 2 radical (unpaired) electrons. The molecule has 0 amide bonds. The quantitative estimate of drug-likeness (QED) is 0.653. The van der Waals surface area contributed by atoms with Crippen LogP contribution in [0.3, 0.4) is 0 Å². The zero-order valence-electron chi connectivity index (χ0n) is 4.13. The molecule has 0 bridgehead atoms. The molecule has 0 fully saturated rings. The van der Waals surface area contributed by atoms with Crippen molar-refractivity contribution < 1.29 is 4.79 Å². The normalized spacial score (nSPS) is 9.12. The molecule has 0 unspecified atom stereocenters. The van der Waals surface area contributed by atoms with Crippen LogP contribution in [0.4, 0.5) is 0 Å². The molecule has 40 valence electrons. The van der Waals surface area contributed by atoms with Crippen molar-refractivity contribution in [2.75, 3.05) is 0 Å². The van der Waals surface area contributed by atoms with E-state index in [0.717, 1.165) is 5.56 Å². The Morgan fingerprint density at radius 3 is 2.75 bits per heavy atom. The summed E-state index contributed by atoms with van der Waals surface area (Å²) in [6, 6.07) is 1.86. The van der Waals surface area contributed by atoms with E-state index >= 15 is 0 Å². The molecule has 0 aliphatic heterocycles. The summed E-state index contributed by atoms with van der Waals surface area (Å²) in [5.74, 6) is 0. The van der Waals surface area contributed by atoms with Gasteiger partial charge in [0.25, 0.3) is 0 Å². The van der Waals surface area contributed by atoms with Crippen LogP contribution in [0.5, 0.6) is 0 Å². The molecular formula is C5H4OSSn. The Balaban J connectivity index is 2.93. The van der Waals surface area contributed by atoms with Crippen LogP contribution in [0.1, 0.15) is 10.4 Å². The van der Waals surface area contributed by atoms with Gasteiger partial charge in [0.2, 0.25) is 0 Å². The van der Waals surface area contributed by atoms with Crippen LogP contribution in [-0.4, -0.2) is 26.3 Å². The van der Waals surface area contributed by atoms with Crippen molar-refractivity contribution >= 4 is 37.7 Å². The van der Waals surface area contributed by atoms with Crippen molar-refractivity contribution in [2.24, 2.45) is 0 Å². The topological polar surface area (TPSA) is 17.1 Å². The molecule has 0 N–H and O–H groups in total. The number of thiophene rings is 1. The second kappa shape index (κ2) is 2.64. The van der Waals surface area contributed by atoms with Crippen molar-refractivity contribution in [3.05, 3.63) is 22.4 Å². The van der Waals surface area contributed by atoms with Crippen LogP contribution >= 0.6 is 11.3 Å². The predicted octanol–water partition coefficient (Wildman–Crippen LogP) is 0.789. The Labute approximate surface area is 64.8 Å². The maximum atomic E-state index is 10.6. The summed E-state index contributed by atoms with van der Waals surface area (Å²) in [6.45, 7) is 0. The van der Waals surface area contributed by atoms with Crippen LogP contribution in [0.2, 0.25) is 0 Å².